The van der Waals surface area contributed by atoms with Crippen LogP contribution in [0.2, 0.25) is 0 Å². The molecule has 2 aromatic heterocycles. The summed E-state index contributed by atoms with van der Waals surface area (Å²) in [7, 11) is 0. The second kappa shape index (κ2) is 9.64. The third-order valence-corrected chi connectivity index (χ3v) is 6.59. The molecule has 0 amide bonds. The van der Waals surface area contributed by atoms with Crippen molar-refractivity contribution in [3.8, 4) is 23.3 Å². The molecule has 3 aromatic carbocycles. The van der Waals surface area contributed by atoms with E-state index in [-0.39, 0.29) is 6.04 Å². The average molecular weight is 458 g/mol. The number of thiazole rings is 1. The number of benzene rings is 3. The van der Waals surface area contributed by atoms with E-state index in [2.05, 4.69) is 57.8 Å². The SMILES string of the molecule is N#Cc1ccc(CNC(c2ccc(C#N)c(-c3cccc4ccccc34)c2)c2cncs2)nc1. The Bertz CT molecular complexity index is 1520. The maximum atomic E-state index is 9.86. The summed E-state index contributed by atoms with van der Waals surface area (Å²) in [6.45, 7) is 0.526. The van der Waals surface area contributed by atoms with Crippen LogP contribution in [0.15, 0.2) is 90.7 Å². The van der Waals surface area contributed by atoms with Gasteiger partial charge in [0, 0.05) is 29.4 Å². The normalized spacial score (nSPS) is 11.6. The fourth-order valence-electron chi connectivity index (χ4n) is 4.07. The topological polar surface area (TPSA) is 85.4 Å². The molecule has 1 N–H and O–H groups in total. The summed E-state index contributed by atoms with van der Waals surface area (Å²) >= 11 is 1.58. The van der Waals surface area contributed by atoms with Crippen molar-refractivity contribution >= 4 is 22.1 Å². The molecule has 5 aromatic rings. The number of nitriles is 2. The molecule has 0 aliphatic rings. The van der Waals surface area contributed by atoms with Gasteiger partial charge in [-0.3, -0.25) is 15.3 Å². The number of nitrogens with one attached hydrogen (secondary N) is 1. The summed E-state index contributed by atoms with van der Waals surface area (Å²) in [5, 5.41) is 24.7. The maximum Gasteiger partial charge on any atom is 0.101 e. The summed E-state index contributed by atoms with van der Waals surface area (Å²) in [5.41, 5.74) is 6.82. The largest absolute Gasteiger partial charge is 0.300 e. The van der Waals surface area contributed by atoms with Gasteiger partial charge < -0.3 is 0 Å². The van der Waals surface area contributed by atoms with Crippen LogP contribution in [-0.4, -0.2) is 9.97 Å². The van der Waals surface area contributed by atoms with Crippen molar-refractivity contribution in [2.24, 2.45) is 0 Å². The molecule has 0 saturated heterocycles. The first-order valence-corrected chi connectivity index (χ1v) is 11.6. The van der Waals surface area contributed by atoms with Crippen LogP contribution in [0.25, 0.3) is 21.9 Å². The lowest BCUT2D eigenvalue weighted by Crippen LogP contribution is -2.22. The van der Waals surface area contributed by atoms with Crippen LogP contribution in [0.1, 0.15) is 33.3 Å². The first kappa shape index (κ1) is 21.5. The highest BCUT2D eigenvalue weighted by atomic mass is 32.1. The van der Waals surface area contributed by atoms with E-state index in [0.717, 1.165) is 38.0 Å². The van der Waals surface area contributed by atoms with Crippen LogP contribution in [0.3, 0.4) is 0 Å². The van der Waals surface area contributed by atoms with E-state index < -0.39 is 0 Å². The first-order chi connectivity index (χ1) is 16.8. The summed E-state index contributed by atoms with van der Waals surface area (Å²) < 4.78 is 0. The zero-order valence-corrected chi connectivity index (χ0v) is 19.0. The predicted octanol–water partition coefficient (Wildman–Crippen LogP) is 5.98. The van der Waals surface area contributed by atoms with Gasteiger partial charge in [0.05, 0.1) is 34.4 Å². The van der Waals surface area contributed by atoms with Gasteiger partial charge in [0.15, 0.2) is 0 Å². The molecule has 5 nitrogen and oxygen atoms in total. The molecule has 0 fully saturated rings. The molecular weight excluding hydrogens is 438 g/mol. The Balaban J connectivity index is 1.55. The number of pyridine rings is 1. The second-order valence-corrected chi connectivity index (χ2v) is 8.73. The second-order valence-electron chi connectivity index (χ2n) is 7.81. The first-order valence-electron chi connectivity index (χ1n) is 10.8. The van der Waals surface area contributed by atoms with Crippen molar-refractivity contribution < 1.29 is 0 Å². The van der Waals surface area contributed by atoms with Gasteiger partial charge >= 0.3 is 0 Å². The molecule has 2 heterocycles. The fourth-order valence-corrected chi connectivity index (χ4v) is 4.80. The average Bonchev–Trinajstić information content (AvgIpc) is 3.43. The summed E-state index contributed by atoms with van der Waals surface area (Å²) in [6, 6.07) is 28.4. The van der Waals surface area contributed by atoms with Crippen LogP contribution >= 0.6 is 11.3 Å². The predicted molar refractivity (Wildman–Crippen MR) is 134 cm³/mol. The zero-order valence-electron chi connectivity index (χ0n) is 18.1. The van der Waals surface area contributed by atoms with Gasteiger partial charge in [0.1, 0.15) is 6.07 Å². The van der Waals surface area contributed by atoms with Gasteiger partial charge in [-0.05, 0) is 46.2 Å². The molecule has 0 radical (unpaired) electrons. The monoisotopic (exact) mass is 457 g/mol. The molecule has 6 heteroatoms. The minimum Gasteiger partial charge on any atom is -0.300 e. The lowest BCUT2D eigenvalue weighted by molar-refractivity contribution is 0.604. The van der Waals surface area contributed by atoms with Crippen LogP contribution in [0, 0.1) is 22.7 Å². The molecule has 0 saturated carbocycles. The van der Waals surface area contributed by atoms with Crippen molar-refractivity contribution in [2.75, 3.05) is 0 Å². The number of aromatic nitrogens is 2. The molecule has 0 bridgehead atoms. The highest BCUT2D eigenvalue weighted by molar-refractivity contribution is 7.09. The molecule has 1 atom stereocenters. The van der Waals surface area contributed by atoms with Crippen LogP contribution in [0.4, 0.5) is 0 Å². The Morgan fingerprint density at radius 3 is 2.53 bits per heavy atom. The zero-order chi connectivity index (χ0) is 23.3. The number of fused-ring (bicyclic) bond motifs is 1. The quantitative estimate of drug-likeness (QED) is 0.339. The van der Waals surface area contributed by atoms with Gasteiger partial charge in [-0.15, -0.1) is 11.3 Å². The van der Waals surface area contributed by atoms with E-state index in [1.165, 1.54) is 0 Å². The van der Waals surface area contributed by atoms with Crippen LogP contribution in [0.5, 0.6) is 0 Å². The third kappa shape index (κ3) is 4.29. The van der Waals surface area contributed by atoms with Crippen molar-refractivity contribution in [2.45, 2.75) is 12.6 Å². The highest BCUT2D eigenvalue weighted by Gasteiger charge is 2.19. The van der Waals surface area contributed by atoms with Crippen molar-refractivity contribution in [1.82, 2.24) is 15.3 Å². The maximum absolute atomic E-state index is 9.86. The smallest absolute Gasteiger partial charge is 0.101 e. The van der Waals surface area contributed by atoms with E-state index in [1.54, 1.807) is 23.6 Å². The molecule has 1 unspecified atom stereocenters. The number of nitrogens with zero attached hydrogens (tertiary/aromatic N) is 4. The number of hydrogen-bond donors (Lipinski definition) is 1. The van der Waals surface area contributed by atoms with E-state index in [4.69, 9.17) is 5.26 Å². The van der Waals surface area contributed by atoms with Crippen LogP contribution < -0.4 is 5.32 Å². The Kier molecular flexibility index (Phi) is 6.09. The van der Waals surface area contributed by atoms with E-state index >= 15 is 0 Å². The van der Waals surface area contributed by atoms with Gasteiger partial charge in [0.25, 0.3) is 0 Å². The summed E-state index contributed by atoms with van der Waals surface area (Å²) in [4.78, 5) is 9.73. The Labute approximate surface area is 201 Å². The van der Waals surface area contributed by atoms with E-state index in [1.807, 2.05) is 48.1 Å². The lowest BCUT2D eigenvalue weighted by Gasteiger charge is -2.19. The van der Waals surface area contributed by atoms with Crippen molar-refractivity contribution in [1.29, 1.82) is 10.5 Å². The Morgan fingerprint density at radius 2 is 1.76 bits per heavy atom. The minimum atomic E-state index is -0.119. The summed E-state index contributed by atoms with van der Waals surface area (Å²) in [6.07, 6.45) is 3.45. The molecular formula is C28H19N5S. The minimum absolute atomic E-state index is 0.119. The van der Waals surface area contributed by atoms with Gasteiger partial charge in [-0.25, -0.2) is 0 Å². The molecule has 34 heavy (non-hydrogen) atoms. The van der Waals surface area contributed by atoms with E-state index in [9.17, 15) is 5.26 Å². The molecule has 162 valence electrons. The molecule has 0 aliphatic carbocycles. The molecule has 0 aliphatic heterocycles. The Hall–Kier alpha value is -4.36. The van der Waals surface area contributed by atoms with Gasteiger partial charge in [0.2, 0.25) is 0 Å². The lowest BCUT2D eigenvalue weighted by atomic mass is 9.91. The Morgan fingerprint density at radius 1 is 0.882 bits per heavy atom. The van der Waals surface area contributed by atoms with Crippen LogP contribution in [-0.2, 0) is 6.54 Å². The van der Waals surface area contributed by atoms with Crippen molar-refractivity contribution in [3.05, 3.63) is 118 Å². The van der Waals surface area contributed by atoms with Crippen molar-refractivity contribution in [3.63, 3.8) is 0 Å². The fraction of sp³-hybridized carbons (Fsp3) is 0.0714. The number of hydrogen-bond acceptors (Lipinski definition) is 6. The molecule has 5 rings (SSSR count). The third-order valence-electron chi connectivity index (χ3n) is 5.75. The van der Waals surface area contributed by atoms with Gasteiger partial charge in [-0.2, -0.15) is 10.5 Å². The number of rotatable bonds is 6. The highest BCUT2D eigenvalue weighted by Crippen LogP contribution is 2.34. The van der Waals surface area contributed by atoms with Gasteiger partial charge in [-0.1, -0.05) is 48.5 Å². The van der Waals surface area contributed by atoms with E-state index in [0.29, 0.717) is 17.7 Å². The molecule has 0 spiro atoms. The standard InChI is InChI=1S/C28H19N5S/c29-13-19-8-11-23(32-15-19)16-33-28(27-17-31-18-34-27)21-9-10-22(14-30)26(12-21)25-7-3-5-20-4-1-2-6-24(20)25/h1-12,15,17-18,28,33H,16H2. The summed E-state index contributed by atoms with van der Waals surface area (Å²) in [5.74, 6) is 0.